The maximum atomic E-state index is 13.7. The van der Waals surface area contributed by atoms with Crippen LogP contribution in [0.4, 0.5) is 5.69 Å². The Morgan fingerprint density at radius 1 is 1.11 bits per heavy atom. The van der Waals surface area contributed by atoms with Crippen LogP contribution in [0.3, 0.4) is 0 Å². The molecule has 1 aliphatic rings. The molecular formula is C28H21BrN2O6. The normalized spacial score (nSPS) is 15.5. The zero-order valence-electron chi connectivity index (χ0n) is 19.7. The van der Waals surface area contributed by atoms with E-state index < -0.39 is 29.5 Å². The minimum Gasteiger partial charge on any atom is -0.503 e. The summed E-state index contributed by atoms with van der Waals surface area (Å²) >= 11 is 3.40. The molecule has 1 aliphatic heterocycles. The van der Waals surface area contributed by atoms with Crippen molar-refractivity contribution in [1.29, 1.82) is 0 Å². The topological polar surface area (TPSA) is 110 Å². The summed E-state index contributed by atoms with van der Waals surface area (Å²) in [5, 5.41) is 11.6. The number of hydrogen-bond donors (Lipinski definition) is 1. The molecule has 0 aliphatic carbocycles. The van der Waals surface area contributed by atoms with Gasteiger partial charge in [-0.05, 0) is 67.1 Å². The van der Waals surface area contributed by atoms with Gasteiger partial charge in [-0.25, -0.2) is 4.79 Å². The van der Waals surface area contributed by atoms with Gasteiger partial charge in [-0.1, -0.05) is 28.9 Å². The highest BCUT2D eigenvalue weighted by molar-refractivity contribution is 9.10. The zero-order valence-corrected chi connectivity index (χ0v) is 21.3. The minimum atomic E-state index is -1.01. The average Bonchev–Trinajstić information content (AvgIpc) is 3.45. The van der Waals surface area contributed by atoms with E-state index in [0.29, 0.717) is 40.9 Å². The molecule has 0 saturated heterocycles. The van der Waals surface area contributed by atoms with Gasteiger partial charge in [0.1, 0.15) is 11.6 Å². The number of aliphatic hydroxyl groups excluding tert-OH is 1. The highest BCUT2D eigenvalue weighted by Gasteiger charge is 2.46. The number of aliphatic hydroxyl groups is 1. The number of ether oxygens (including phenoxy) is 1. The molecule has 2 aromatic carbocycles. The van der Waals surface area contributed by atoms with Gasteiger partial charge in [0.05, 0.1) is 23.4 Å². The van der Waals surface area contributed by atoms with Gasteiger partial charge in [0.25, 0.3) is 5.91 Å². The van der Waals surface area contributed by atoms with Crippen LogP contribution in [0.5, 0.6) is 0 Å². The average molecular weight is 561 g/mol. The number of rotatable bonds is 7. The second-order valence-corrected chi connectivity index (χ2v) is 9.31. The molecule has 0 spiro atoms. The third-order valence-corrected chi connectivity index (χ3v) is 6.43. The van der Waals surface area contributed by atoms with E-state index in [4.69, 9.17) is 9.15 Å². The molecule has 2 aromatic heterocycles. The van der Waals surface area contributed by atoms with Crippen LogP contribution in [0.2, 0.25) is 0 Å². The number of esters is 1. The van der Waals surface area contributed by atoms with E-state index in [1.54, 1.807) is 60.8 Å². The van der Waals surface area contributed by atoms with Crippen LogP contribution < -0.4 is 4.90 Å². The van der Waals surface area contributed by atoms with Crippen LogP contribution in [-0.4, -0.2) is 34.4 Å². The number of carbonyl (C=O) groups is 3. The Morgan fingerprint density at radius 2 is 1.89 bits per heavy atom. The van der Waals surface area contributed by atoms with Crippen molar-refractivity contribution in [2.45, 2.75) is 19.4 Å². The number of carbonyl (C=O) groups excluding carboxylic acids is 3. The van der Waals surface area contributed by atoms with Gasteiger partial charge in [0.2, 0.25) is 5.78 Å². The fraction of sp³-hybridized carbons (Fsp3) is 0.143. The first-order valence-electron chi connectivity index (χ1n) is 11.6. The largest absolute Gasteiger partial charge is 0.503 e. The van der Waals surface area contributed by atoms with Crippen LogP contribution >= 0.6 is 15.9 Å². The second kappa shape index (κ2) is 10.0. The summed E-state index contributed by atoms with van der Waals surface area (Å²) in [5.74, 6) is -2.57. The Bertz CT molecular complexity index is 1540. The van der Waals surface area contributed by atoms with E-state index in [9.17, 15) is 19.5 Å². The smallest absolute Gasteiger partial charge is 0.338 e. The van der Waals surface area contributed by atoms with Crippen LogP contribution in [0, 0.1) is 0 Å². The lowest BCUT2D eigenvalue weighted by molar-refractivity contribution is -0.117. The molecule has 37 heavy (non-hydrogen) atoms. The Kier molecular flexibility index (Phi) is 6.62. The number of amides is 1. The molecule has 4 aromatic rings. The molecule has 1 unspecified atom stereocenters. The molecule has 1 N–H and O–H groups in total. The first-order valence-corrected chi connectivity index (χ1v) is 12.4. The maximum absolute atomic E-state index is 13.7. The molecule has 1 amide bonds. The number of halogens is 1. The number of hydrogen-bond acceptors (Lipinski definition) is 7. The SMILES string of the molecule is CCCOC(=O)c1ccc(N2C(=O)C(O)=C(C(=O)c3cc4cc(Br)ccc4o3)C2c2ccccn2)cc1. The first kappa shape index (κ1) is 24.5. The van der Waals surface area contributed by atoms with Crippen LogP contribution in [0.15, 0.2) is 93.1 Å². The number of aromatic nitrogens is 1. The van der Waals surface area contributed by atoms with Crippen molar-refractivity contribution in [2.75, 3.05) is 11.5 Å². The molecule has 9 heteroatoms. The molecule has 0 radical (unpaired) electrons. The Morgan fingerprint density at radius 3 is 2.59 bits per heavy atom. The van der Waals surface area contributed by atoms with Crippen molar-refractivity contribution in [1.82, 2.24) is 4.98 Å². The van der Waals surface area contributed by atoms with Crippen LogP contribution in [0.1, 0.15) is 46.0 Å². The minimum absolute atomic E-state index is 0.0146. The molecule has 0 fully saturated rings. The third-order valence-electron chi connectivity index (χ3n) is 5.94. The predicted molar refractivity (Wildman–Crippen MR) is 139 cm³/mol. The van der Waals surface area contributed by atoms with Crippen molar-refractivity contribution in [2.24, 2.45) is 0 Å². The van der Waals surface area contributed by atoms with Crippen LogP contribution in [-0.2, 0) is 9.53 Å². The van der Waals surface area contributed by atoms with E-state index in [2.05, 4.69) is 20.9 Å². The lowest BCUT2D eigenvalue weighted by Crippen LogP contribution is -2.31. The third kappa shape index (κ3) is 4.53. The van der Waals surface area contributed by atoms with E-state index in [0.717, 1.165) is 4.47 Å². The van der Waals surface area contributed by atoms with Crippen molar-refractivity contribution in [3.05, 3.63) is 106 Å². The number of pyridine rings is 1. The van der Waals surface area contributed by atoms with E-state index in [1.807, 2.05) is 6.92 Å². The molecule has 0 saturated carbocycles. The zero-order chi connectivity index (χ0) is 26.1. The Balaban J connectivity index is 1.55. The van der Waals surface area contributed by atoms with E-state index in [1.165, 1.54) is 17.0 Å². The van der Waals surface area contributed by atoms with Gasteiger partial charge in [0, 0.05) is 21.7 Å². The molecule has 3 heterocycles. The number of anilines is 1. The first-order chi connectivity index (χ1) is 17.9. The van der Waals surface area contributed by atoms with Crippen molar-refractivity contribution in [3.63, 3.8) is 0 Å². The molecular weight excluding hydrogens is 540 g/mol. The number of ketones is 1. The van der Waals surface area contributed by atoms with Gasteiger partial charge >= 0.3 is 5.97 Å². The predicted octanol–water partition coefficient (Wildman–Crippen LogP) is 5.94. The van der Waals surface area contributed by atoms with Crippen LogP contribution in [0.25, 0.3) is 11.0 Å². The highest BCUT2D eigenvalue weighted by atomic mass is 79.9. The molecule has 0 bridgehead atoms. The Labute approximate surface area is 220 Å². The number of fused-ring (bicyclic) bond motifs is 1. The van der Waals surface area contributed by atoms with Gasteiger partial charge < -0.3 is 14.3 Å². The number of nitrogens with zero attached hydrogens (tertiary/aromatic N) is 2. The lowest BCUT2D eigenvalue weighted by Gasteiger charge is -2.26. The summed E-state index contributed by atoms with van der Waals surface area (Å²) < 4.78 is 11.7. The van der Waals surface area contributed by atoms with Gasteiger partial charge in [-0.15, -0.1) is 0 Å². The van der Waals surface area contributed by atoms with Gasteiger partial charge in [-0.2, -0.15) is 0 Å². The Hall–Kier alpha value is -4.24. The van der Waals surface area contributed by atoms with Crippen molar-refractivity contribution >= 4 is 50.2 Å². The van der Waals surface area contributed by atoms with E-state index in [-0.39, 0.29) is 11.3 Å². The molecule has 5 rings (SSSR count). The summed E-state index contributed by atoms with van der Waals surface area (Å²) in [6, 6.07) is 17.2. The fourth-order valence-electron chi connectivity index (χ4n) is 4.22. The second-order valence-electron chi connectivity index (χ2n) is 8.40. The maximum Gasteiger partial charge on any atom is 0.338 e. The number of furan rings is 1. The molecule has 1 atom stereocenters. The highest BCUT2D eigenvalue weighted by Crippen LogP contribution is 2.41. The summed E-state index contributed by atoms with van der Waals surface area (Å²) in [6.07, 6.45) is 2.24. The van der Waals surface area contributed by atoms with Crippen molar-refractivity contribution in [3.8, 4) is 0 Å². The van der Waals surface area contributed by atoms with Gasteiger partial charge in [-0.3, -0.25) is 19.5 Å². The van der Waals surface area contributed by atoms with E-state index >= 15 is 0 Å². The summed E-state index contributed by atoms with van der Waals surface area (Å²) in [5.41, 5.74) is 1.42. The van der Waals surface area contributed by atoms with Gasteiger partial charge in [0.15, 0.2) is 11.5 Å². The summed E-state index contributed by atoms with van der Waals surface area (Å²) in [7, 11) is 0. The summed E-state index contributed by atoms with van der Waals surface area (Å²) in [6.45, 7) is 2.20. The summed E-state index contributed by atoms with van der Waals surface area (Å²) in [4.78, 5) is 44.9. The quantitative estimate of drug-likeness (QED) is 0.220. The molecule has 186 valence electrons. The number of benzene rings is 2. The van der Waals surface area contributed by atoms with Crippen molar-refractivity contribution < 1.29 is 28.6 Å². The lowest BCUT2D eigenvalue weighted by atomic mass is 9.98. The molecule has 8 nitrogen and oxygen atoms in total. The standard InChI is InChI=1S/C28H21BrN2O6/c1-2-13-36-28(35)16-6-9-19(10-7-16)31-24(20-5-3-4-12-30-20)23(26(33)27(31)34)25(32)22-15-17-14-18(29)8-11-21(17)37-22/h3-12,14-15,24,33H,2,13H2,1H3. The monoisotopic (exact) mass is 560 g/mol. The fourth-order valence-corrected chi connectivity index (χ4v) is 4.59. The number of Topliss-reactive ketones (excluding diaryl/α,β-unsaturated/α-hetero) is 1.